The molecule has 3 rings (SSSR count). The number of carbonyl (C=O) groups is 1. The Balaban J connectivity index is 1.83. The van der Waals surface area contributed by atoms with Gasteiger partial charge in [0, 0.05) is 18.2 Å². The van der Waals surface area contributed by atoms with Crippen molar-refractivity contribution in [1.29, 1.82) is 0 Å². The first-order chi connectivity index (χ1) is 11.7. The van der Waals surface area contributed by atoms with Crippen LogP contribution in [0.15, 0.2) is 36.4 Å². The van der Waals surface area contributed by atoms with E-state index in [0.717, 1.165) is 25.8 Å². The van der Waals surface area contributed by atoms with Crippen molar-refractivity contribution < 1.29 is 13.9 Å². The van der Waals surface area contributed by atoms with E-state index < -0.39 is 5.82 Å². The minimum Gasteiger partial charge on any atom is -0.488 e. The molecule has 122 valence electrons. The number of likely N-dealkylation sites (tertiary alicyclic amines) is 1. The number of carbonyl (C=O) groups excluding carboxylic acids is 1. The van der Waals surface area contributed by atoms with Gasteiger partial charge in [-0.15, -0.1) is 6.42 Å². The third-order valence-electron chi connectivity index (χ3n) is 3.93. The summed E-state index contributed by atoms with van der Waals surface area (Å²) in [5.41, 5.74) is 1.69. The van der Waals surface area contributed by atoms with Crippen LogP contribution in [0.2, 0.25) is 0 Å². The van der Waals surface area contributed by atoms with E-state index in [0.29, 0.717) is 29.2 Å². The summed E-state index contributed by atoms with van der Waals surface area (Å²) in [5.74, 6) is 2.49. The van der Waals surface area contributed by atoms with Crippen molar-refractivity contribution in [2.75, 3.05) is 13.1 Å². The zero-order valence-electron chi connectivity index (χ0n) is 13.1. The van der Waals surface area contributed by atoms with E-state index in [1.807, 2.05) is 0 Å². The minimum absolute atomic E-state index is 0.136. The SMILES string of the molecule is C#Cc1cccc(-c2cc(F)cc(OC3CCCN(C=O)C3)c2)n1. The molecular weight excluding hydrogens is 307 g/mol. The molecule has 0 N–H and O–H groups in total. The van der Waals surface area contributed by atoms with Crippen molar-refractivity contribution in [2.45, 2.75) is 18.9 Å². The first kappa shape index (κ1) is 16.0. The van der Waals surface area contributed by atoms with Gasteiger partial charge in [0.15, 0.2) is 0 Å². The lowest BCUT2D eigenvalue weighted by atomic mass is 10.1. The fourth-order valence-electron chi connectivity index (χ4n) is 2.81. The lowest BCUT2D eigenvalue weighted by molar-refractivity contribution is -0.120. The highest BCUT2D eigenvalue weighted by molar-refractivity contribution is 5.62. The molecule has 5 heteroatoms. The Kier molecular flexibility index (Phi) is 4.76. The van der Waals surface area contributed by atoms with Gasteiger partial charge < -0.3 is 9.64 Å². The van der Waals surface area contributed by atoms with E-state index in [4.69, 9.17) is 11.2 Å². The number of halogens is 1. The van der Waals surface area contributed by atoms with Crippen LogP contribution in [0.5, 0.6) is 5.75 Å². The Morgan fingerprint density at radius 1 is 1.38 bits per heavy atom. The predicted octanol–water partition coefficient (Wildman–Crippen LogP) is 2.87. The van der Waals surface area contributed by atoms with Crippen LogP contribution in [0.1, 0.15) is 18.5 Å². The molecule has 1 aliphatic heterocycles. The molecule has 0 radical (unpaired) electrons. The largest absolute Gasteiger partial charge is 0.488 e. The molecule has 0 bridgehead atoms. The lowest BCUT2D eigenvalue weighted by Gasteiger charge is -2.30. The van der Waals surface area contributed by atoms with Gasteiger partial charge in [0.2, 0.25) is 6.41 Å². The Morgan fingerprint density at radius 2 is 2.25 bits per heavy atom. The molecule has 1 amide bonds. The zero-order valence-corrected chi connectivity index (χ0v) is 13.1. The maximum absolute atomic E-state index is 14.0. The van der Waals surface area contributed by atoms with Crippen LogP contribution in [-0.2, 0) is 4.79 Å². The topological polar surface area (TPSA) is 42.4 Å². The van der Waals surface area contributed by atoms with Crippen LogP contribution in [0, 0.1) is 18.2 Å². The monoisotopic (exact) mass is 324 g/mol. The Hall–Kier alpha value is -2.87. The molecule has 0 saturated carbocycles. The summed E-state index contributed by atoms with van der Waals surface area (Å²) < 4.78 is 19.9. The summed E-state index contributed by atoms with van der Waals surface area (Å²) in [6.07, 6.45) is 7.75. The first-order valence-corrected chi connectivity index (χ1v) is 7.78. The molecule has 24 heavy (non-hydrogen) atoms. The summed E-state index contributed by atoms with van der Waals surface area (Å²) >= 11 is 0. The van der Waals surface area contributed by atoms with Gasteiger partial charge in [-0.3, -0.25) is 4.79 Å². The highest BCUT2D eigenvalue weighted by Crippen LogP contribution is 2.26. The van der Waals surface area contributed by atoms with Gasteiger partial charge in [-0.1, -0.05) is 12.0 Å². The highest BCUT2D eigenvalue weighted by Gasteiger charge is 2.20. The van der Waals surface area contributed by atoms with Crippen molar-refractivity contribution in [2.24, 2.45) is 0 Å². The predicted molar refractivity (Wildman–Crippen MR) is 88.9 cm³/mol. The van der Waals surface area contributed by atoms with Crippen molar-refractivity contribution in [1.82, 2.24) is 9.88 Å². The fourth-order valence-corrected chi connectivity index (χ4v) is 2.81. The summed E-state index contributed by atoms with van der Waals surface area (Å²) in [4.78, 5) is 16.9. The van der Waals surface area contributed by atoms with Gasteiger partial charge >= 0.3 is 0 Å². The third-order valence-corrected chi connectivity index (χ3v) is 3.93. The average molecular weight is 324 g/mol. The van der Waals surface area contributed by atoms with E-state index >= 15 is 0 Å². The van der Waals surface area contributed by atoms with Gasteiger partial charge in [0.05, 0.1) is 12.2 Å². The van der Waals surface area contributed by atoms with Crippen LogP contribution in [-0.4, -0.2) is 35.5 Å². The Labute approximate surface area is 140 Å². The number of piperidine rings is 1. The summed E-state index contributed by atoms with van der Waals surface area (Å²) in [6.45, 7) is 1.25. The third kappa shape index (κ3) is 3.72. The molecule has 1 aliphatic rings. The van der Waals surface area contributed by atoms with Gasteiger partial charge in [-0.05, 0) is 37.1 Å². The molecule has 1 aromatic heterocycles. The van der Waals surface area contributed by atoms with Gasteiger partial charge in [-0.25, -0.2) is 9.37 Å². The van der Waals surface area contributed by atoms with Crippen molar-refractivity contribution in [3.8, 4) is 29.4 Å². The van der Waals surface area contributed by atoms with Crippen LogP contribution in [0.4, 0.5) is 4.39 Å². The number of terminal acetylenes is 1. The van der Waals surface area contributed by atoms with Crippen molar-refractivity contribution in [3.05, 3.63) is 47.9 Å². The van der Waals surface area contributed by atoms with E-state index in [1.165, 1.54) is 12.1 Å². The minimum atomic E-state index is -0.404. The molecule has 0 spiro atoms. The molecular formula is C19H17FN2O2. The standard InChI is InChI=1S/C19H17FN2O2/c1-2-16-5-3-7-19(21-16)14-9-15(20)11-18(10-14)24-17-6-4-8-22(12-17)13-23/h1,3,5,7,9-11,13,17H,4,6,8,12H2. The second-order valence-corrected chi connectivity index (χ2v) is 5.71. The number of hydrogen-bond donors (Lipinski definition) is 0. The van der Waals surface area contributed by atoms with Crippen LogP contribution in [0.3, 0.4) is 0 Å². The van der Waals surface area contributed by atoms with Gasteiger partial charge in [0.25, 0.3) is 0 Å². The maximum Gasteiger partial charge on any atom is 0.209 e. The van der Waals surface area contributed by atoms with E-state index in [1.54, 1.807) is 29.2 Å². The summed E-state index contributed by atoms with van der Waals surface area (Å²) in [5, 5.41) is 0. The average Bonchev–Trinajstić information content (AvgIpc) is 2.61. The zero-order chi connectivity index (χ0) is 16.9. The molecule has 0 aliphatic carbocycles. The number of ether oxygens (including phenoxy) is 1. The second-order valence-electron chi connectivity index (χ2n) is 5.71. The summed E-state index contributed by atoms with van der Waals surface area (Å²) in [7, 11) is 0. The van der Waals surface area contributed by atoms with Gasteiger partial charge in [-0.2, -0.15) is 0 Å². The number of benzene rings is 1. The number of rotatable bonds is 4. The maximum atomic E-state index is 14.0. The number of pyridine rings is 1. The molecule has 1 aromatic carbocycles. The smallest absolute Gasteiger partial charge is 0.209 e. The molecule has 1 fully saturated rings. The molecule has 1 unspecified atom stereocenters. The molecule has 4 nitrogen and oxygen atoms in total. The fraction of sp³-hybridized carbons (Fsp3) is 0.263. The molecule has 1 saturated heterocycles. The van der Waals surface area contributed by atoms with Crippen LogP contribution in [0.25, 0.3) is 11.3 Å². The van der Waals surface area contributed by atoms with E-state index in [-0.39, 0.29) is 6.10 Å². The van der Waals surface area contributed by atoms with Gasteiger partial charge in [0.1, 0.15) is 23.4 Å². The Bertz CT molecular complexity index is 785. The normalized spacial score (nSPS) is 17.2. The molecule has 2 heterocycles. The first-order valence-electron chi connectivity index (χ1n) is 7.78. The number of hydrogen-bond acceptors (Lipinski definition) is 3. The van der Waals surface area contributed by atoms with Crippen LogP contribution >= 0.6 is 0 Å². The van der Waals surface area contributed by atoms with Crippen molar-refractivity contribution >= 4 is 6.41 Å². The quantitative estimate of drug-likeness (QED) is 0.641. The Morgan fingerprint density at radius 3 is 3.04 bits per heavy atom. The number of nitrogens with zero attached hydrogens (tertiary/aromatic N) is 2. The summed E-state index contributed by atoms with van der Waals surface area (Å²) in [6, 6.07) is 9.75. The number of aromatic nitrogens is 1. The number of amides is 1. The second kappa shape index (κ2) is 7.14. The van der Waals surface area contributed by atoms with E-state index in [9.17, 15) is 9.18 Å². The molecule has 1 atom stereocenters. The highest BCUT2D eigenvalue weighted by atomic mass is 19.1. The molecule has 2 aromatic rings. The lowest BCUT2D eigenvalue weighted by Crippen LogP contribution is -2.40. The van der Waals surface area contributed by atoms with Crippen LogP contribution < -0.4 is 4.74 Å². The van der Waals surface area contributed by atoms with Crippen molar-refractivity contribution in [3.63, 3.8) is 0 Å². The van der Waals surface area contributed by atoms with E-state index in [2.05, 4.69) is 10.9 Å².